The largest absolute Gasteiger partial charge is 0.384 e. The molecule has 1 aliphatic heterocycles. The molecule has 0 aliphatic carbocycles. The number of carbonyl (C=O) groups excluding carboxylic acids is 3. The van der Waals surface area contributed by atoms with Crippen molar-refractivity contribution >= 4 is 17.7 Å². The Labute approximate surface area is 157 Å². The van der Waals surface area contributed by atoms with Crippen LogP contribution < -0.4 is 5.32 Å². The van der Waals surface area contributed by atoms with Crippen molar-refractivity contribution in [2.75, 3.05) is 13.1 Å². The Kier molecular flexibility index (Phi) is 5.37. The molecule has 0 aromatic heterocycles. The molecule has 0 bridgehead atoms. The van der Waals surface area contributed by atoms with Gasteiger partial charge in [-0.2, -0.15) is 0 Å². The lowest BCUT2D eigenvalue weighted by molar-refractivity contribution is -0.142. The fourth-order valence-corrected chi connectivity index (χ4v) is 3.02. The molecule has 0 radical (unpaired) electrons. The SMILES string of the molecule is C[C@](O)(CNC(=O)CN1C(=O)CCC1=O)c1ccc(-c2ccccc2)cc1. The van der Waals surface area contributed by atoms with Gasteiger partial charge in [0.2, 0.25) is 17.7 Å². The van der Waals surface area contributed by atoms with Crippen LogP contribution in [-0.2, 0) is 20.0 Å². The van der Waals surface area contributed by atoms with Gasteiger partial charge in [-0.3, -0.25) is 19.3 Å². The molecule has 1 atom stereocenters. The quantitative estimate of drug-likeness (QED) is 0.764. The van der Waals surface area contributed by atoms with Gasteiger partial charge in [-0.05, 0) is 23.6 Å². The molecule has 1 heterocycles. The van der Waals surface area contributed by atoms with Gasteiger partial charge in [0, 0.05) is 12.8 Å². The first-order chi connectivity index (χ1) is 12.9. The molecular weight excluding hydrogens is 344 g/mol. The fourth-order valence-electron chi connectivity index (χ4n) is 3.02. The van der Waals surface area contributed by atoms with Gasteiger partial charge in [0.05, 0.1) is 6.54 Å². The molecule has 6 heteroatoms. The minimum Gasteiger partial charge on any atom is -0.384 e. The highest BCUT2D eigenvalue weighted by Gasteiger charge is 2.31. The summed E-state index contributed by atoms with van der Waals surface area (Å²) in [5.74, 6) is -1.14. The standard InChI is InChI=1S/C21H22N2O4/c1-21(27,14-22-18(24)13-23-19(25)11-12-20(23)26)17-9-7-16(8-10-17)15-5-3-2-4-6-15/h2-10,27H,11-14H2,1H3,(H,22,24)/t21-/m0/s1. The molecule has 2 aromatic carbocycles. The average molecular weight is 366 g/mol. The van der Waals surface area contributed by atoms with Crippen LogP contribution in [0.15, 0.2) is 54.6 Å². The lowest BCUT2D eigenvalue weighted by Gasteiger charge is -2.25. The summed E-state index contributed by atoms with van der Waals surface area (Å²) in [5, 5.41) is 13.3. The highest BCUT2D eigenvalue weighted by Crippen LogP contribution is 2.24. The third-order valence-corrected chi connectivity index (χ3v) is 4.70. The Hall–Kier alpha value is -2.99. The van der Waals surface area contributed by atoms with Crippen molar-refractivity contribution in [3.8, 4) is 11.1 Å². The van der Waals surface area contributed by atoms with Gasteiger partial charge < -0.3 is 10.4 Å². The summed E-state index contributed by atoms with van der Waals surface area (Å²) in [6.07, 6.45) is 0.301. The lowest BCUT2D eigenvalue weighted by Crippen LogP contribution is -2.44. The number of imide groups is 1. The van der Waals surface area contributed by atoms with E-state index in [0.717, 1.165) is 16.0 Å². The maximum atomic E-state index is 12.0. The monoisotopic (exact) mass is 366 g/mol. The number of amides is 3. The molecule has 0 unspecified atom stereocenters. The second-order valence-electron chi connectivity index (χ2n) is 6.87. The van der Waals surface area contributed by atoms with Crippen molar-refractivity contribution in [2.24, 2.45) is 0 Å². The van der Waals surface area contributed by atoms with Gasteiger partial charge >= 0.3 is 0 Å². The van der Waals surface area contributed by atoms with Gasteiger partial charge in [0.1, 0.15) is 12.1 Å². The Balaban J connectivity index is 1.60. The van der Waals surface area contributed by atoms with Gasteiger partial charge in [-0.25, -0.2) is 0 Å². The van der Waals surface area contributed by atoms with Crippen LogP contribution in [0, 0.1) is 0 Å². The third-order valence-electron chi connectivity index (χ3n) is 4.70. The van der Waals surface area contributed by atoms with Crippen LogP contribution >= 0.6 is 0 Å². The third kappa shape index (κ3) is 4.41. The van der Waals surface area contributed by atoms with E-state index in [9.17, 15) is 19.5 Å². The highest BCUT2D eigenvalue weighted by molar-refractivity contribution is 6.04. The van der Waals surface area contributed by atoms with Crippen LogP contribution in [0.1, 0.15) is 25.3 Å². The van der Waals surface area contributed by atoms with Crippen LogP contribution in [0.3, 0.4) is 0 Å². The van der Waals surface area contributed by atoms with Gasteiger partial charge in [0.15, 0.2) is 0 Å². The molecule has 2 aromatic rings. The summed E-state index contributed by atoms with van der Waals surface area (Å²) >= 11 is 0. The lowest BCUT2D eigenvalue weighted by atomic mass is 9.93. The summed E-state index contributed by atoms with van der Waals surface area (Å²) < 4.78 is 0. The molecule has 3 amide bonds. The van der Waals surface area contributed by atoms with Crippen molar-refractivity contribution in [3.05, 3.63) is 60.2 Å². The number of likely N-dealkylation sites (tertiary alicyclic amines) is 1. The molecule has 6 nitrogen and oxygen atoms in total. The summed E-state index contributed by atoms with van der Waals surface area (Å²) in [7, 11) is 0. The zero-order valence-electron chi connectivity index (χ0n) is 15.1. The van der Waals surface area contributed by atoms with Crippen molar-refractivity contribution in [3.63, 3.8) is 0 Å². The Morgan fingerprint density at radius 1 is 1.00 bits per heavy atom. The number of carbonyl (C=O) groups is 3. The Bertz CT molecular complexity index is 828. The van der Waals surface area contributed by atoms with Crippen LogP contribution in [0.25, 0.3) is 11.1 Å². The molecule has 2 N–H and O–H groups in total. The van der Waals surface area contributed by atoms with E-state index in [0.29, 0.717) is 5.56 Å². The number of benzene rings is 2. The predicted octanol–water partition coefficient (Wildman–Crippen LogP) is 1.83. The Morgan fingerprint density at radius 3 is 2.15 bits per heavy atom. The van der Waals surface area contributed by atoms with Gasteiger partial charge in [-0.1, -0.05) is 54.6 Å². The molecule has 0 spiro atoms. The van der Waals surface area contributed by atoms with Crippen LogP contribution in [0.4, 0.5) is 0 Å². The second kappa shape index (κ2) is 7.72. The van der Waals surface area contributed by atoms with Crippen molar-refractivity contribution in [1.82, 2.24) is 10.2 Å². The highest BCUT2D eigenvalue weighted by atomic mass is 16.3. The van der Waals surface area contributed by atoms with Crippen LogP contribution in [0.2, 0.25) is 0 Å². The minimum absolute atomic E-state index is 0.0211. The normalized spacial score (nSPS) is 16.3. The Morgan fingerprint density at radius 2 is 1.56 bits per heavy atom. The first-order valence-electron chi connectivity index (χ1n) is 8.85. The van der Waals surface area contributed by atoms with E-state index in [4.69, 9.17) is 0 Å². The predicted molar refractivity (Wildman–Crippen MR) is 100 cm³/mol. The molecule has 3 rings (SSSR count). The molecule has 1 fully saturated rings. The number of hydrogen-bond donors (Lipinski definition) is 2. The van der Waals surface area contributed by atoms with E-state index >= 15 is 0 Å². The van der Waals surface area contributed by atoms with Gasteiger partial charge in [-0.15, -0.1) is 0 Å². The maximum Gasteiger partial charge on any atom is 0.240 e. The topological polar surface area (TPSA) is 86.7 Å². The zero-order chi connectivity index (χ0) is 19.4. The summed E-state index contributed by atoms with van der Waals surface area (Å²) in [4.78, 5) is 36.1. The fraction of sp³-hybridized carbons (Fsp3) is 0.286. The zero-order valence-corrected chi connectivity index (χ0v) is 15.1. The van der Waals surface area contributed by atoms with E-state index in [1.165, 1.54) is 0 Å². The van der Waals surface area contributed by atoms with E-state index in [-0.39, 0.29) is 37.7 Å². The van der Waals surface area contributed by atoms with Crippen LogP contribution in [-0.4, -0.2) is 40.8 Å². The molecule has 1 aliphatic rings. The number of hydrogen-bond acceptors (Lipinski definition) is 4. The number of rotatable bonds is 6. The first kappa shape index (κ1) is 18.8. The summed E-state index contributed by atoms with van der Waals surface area (Å²) in [6.45, 7) is 1.28. The summed E-state index contributed by atoms with van der Waals surface area (Å²) in [6, 6.07) is 17.4. The van der Waals surface area contributed by atoms with E-state index in [1.807, 2.05) is 54.6 Å². The average Bonchev–Trinajstić information content (AvgIpc) is 2.99. The molecule has 140 valence electrons. The van der Waals surface area contributed by atoms with Crippen molar-refractivity contribution in [1.29, 1.82) is 0 Å². The maximum absolute atomic E-state index is 12.0. The molecular formula is C21H22N2O4. The number of nitrogens with zero attached hydrogens (tertiary/aromatic N) is 1. The van der Waals surface area contributed by atoms with E-state index in [1.54, 1.807) is 6.92 Å². The summed E-state index contributed by atoms with van der Waals surface area (Å²) in [5.41, 5.74) is 1.50. The smallest absolute Gasteiger partial charge is 0.240 e. The molecule has 0 saturated carbocycles. The van der Waals surface area contributed by atoms with Crippen LogP contribution in [0.5, 0.6) is 0 Å². The number of nitrogens with one attached hydrogen (secondary N) is 1. The van der Waals surface area contributed by atoms with Crippen molar-refractivity contribution in [2.45, 2.75) is 25.4 Å². The van der Waals surface area contributed by atoms with Crippen molar-refractivity contribution < 1.29 is 19.5 Å². The van der Waals surface area contributed by atoms with Gasteiger partial charge in [0.25, 0.3) is 0 Å². The first-order valence-corrected chi connectivity index (χ1v) is 8.85. The van der Waals surface area contributed by atoms with E-state index < -0.39 is 11.5 Å². The molecule has 27 heavy (non-hydrogen) atoms. The second-order valence-corrected chi connectivity index (χ2v) is 6.87. The molecule has 1 saturated heterocycles. The van der Waals surface area contributed by atoms with E-state index in [2.05, 4.69) is 5.32 Å². The number of aliphatic hydroxyl groups is 1. The minimum atomic E-state index is -1.27.